The number of nitrogens with zero attached hydrogens (tertiary/aromatic N) is 1. The second-order valence-corrected chi connectivity index (χ2v) is 9.37. The van der Waals surface area contributed by atoms with Crippen LogP contribution in [-0.2, 0) is 22.6 Å². The summed E-state index contributed by atoms with van der Waals surface area (Å²) in [6.45, 7) is 4.58. The van der Waals surface area contributed by atoms with Gasteiger partial charge in [0.05, 0.1) is 7.11 Å². The van der Waals surface area contributed by atoms with Crippen LogP contribution in [0.25, 0.3) is 0 Å². The molecule has 3 aromatic rings. The number of amides is 2. The van der Waals surface area contributed by atoms with Gasteiger partial charge in [-0.2, -0.15) is 0 Å². The van der Waals surface area contributed by atoms with Gasteiger partial charge in [-0.3, -0.25) is 9.59 Å². The van der Waals surface area contributed by atoms with Gasteiger partial charge in [0.1, 0.15) is 6.04 Å². The maximum Gasteiger partial charge on any atom is 0.261 e. The van der Waals surface area contributed by atoms with Gasteiger partial charge in [-0.25, -0.2) is 0 Å². The third-order valence-electron chi connectivity index (χ3n) is 5.64. The third kappa shape index (κ3) is 8.02. The minimum Gasteiger partial charge on any atom is -0.493 e. The minimum absolute atomic E-state index is 0.202. The van der Waals surface area contributed by atoms with Gasteiger partial charge in [-0.1, -0.05) is 80.0 Å². The fourth-order valence-electron chi connectivity index (χ4n) is 3.72. The molecule has 0 fully saturated rings. The van der Waals surface area contributed by atoms with Gasteiger partial charge >= 0.3 is 0 Å². The summed E-state index contributed by atoms with van der Waals surface area (Å²) in [5.41, 5.74) is 1.82. The number of carbonyl (C=O) groups is 2. The van der Waals surface area contributed by atoms with Crippen LogP contribution in [0.2, 0.25) is 5.02 Å². The topological polar surface area (TPSA) is 67.9 Å². The standard InChI is InChI=1S/C29H33ClN2O4/c1-21(2)18-31-29(34)25(17-22-9-5-4-6-10-22)32(19-23-13-15-24(30)16-14-23)28(33)20-36-27-12-8-7-11-26(27)35-3/h4-16,21,25H,17-20H2,1-3H3,(H,31,34)/t25-/m1/s1. The Morgan fingerprint density at radius 1 is 0.889 bits per heavy atom. The summed E-state index contributed by atoms with van der Waals surface area (Å²) in [6, 6.07) is 23.4. The maximum absolute atomic E-state index is 13.6. The Morgan fingerprint density at radius 3 is 2.17 bits per heavy atom. The molecule has 0 aliphatic heterocycles. The number of methoxy groups -OCH3 is 1. The van der Waals surface area contributed by atoms with Crippen molar-refractivity contribution in [3.8, 4) is 11.5 Å². The molecule has 0 aliphatic carbocycles. The van der Waals surface area contributed by atoms with Crippen LogP contribution in [0.5, 0.6) is 11.5 Å². The molecule has 0 aromatic heterocycles. The van der Waals surface area contributed by atoms with Crippen molar-refractivity contribution in [1.29, 1.82) is 0 Å². The number of hydrogen-bond acceptors (Lipinski definition) is 4. The van der Waals surface area contributed by atoms with Crippen molar-refractivity contribution < 1.29 is 19.1 Å². The molecule has 0 unspecified atom stereocenters. The molecule has 3 aromatic carbocycles. The van der Waals surface area contributed by atoms with E-state index in [-0.39, 0.29) is 30.9 Å². The third-order valence-corrected chi connectivity index (χ3v) is 5.89. The molecule has 36 heavy (non-hydrogen) atoms. The molecule has 6 nitrogen and oxygen atoms in total. The maximum atomic E-state index is 13.6. The van der Waals surface area contributed by atoms with Gasteiger partial charge < -0.3 is 19.7 Å². The Hall–Kier alpha value is -3.51. The van der Waals surface area contributed by atoms with E-state index in [2.05, 4.69) is 5.32 Å². The molecule has 7 heteroatoms. The predicted octanol–water partition coefficient (Wildman–Crippen LogP) is 5.14. The van der Waals surface area contributed by atoms with Crippen LogP contribution in [0.1, 0.15) is 25.0 Å². The van der Waals surface area contributed by atoms with Gasteiger partial charge in [0, 0.05) is 24.5 Å². The summed E-state index contributed by atoms with van der Waals surface area (Å²) in [4.78, 5) is 28.6. The molecule has 1 N–H and O–H groups in total. The number of para-hydroxylation sites is 2. The van der Waals surface area contributed by atoms with Crippen molar-refractivity contribution in [3.63, 3.8) is 0 Å². The Kier molecular flexibility index (Phi) is 10.2. The SMILES string of the molecule is COc1ccccc1OCC(=O)N(Cc1ccc(Cl)cc1)[C@H](Cc1ccccc1)C(=O)NCC(C)C. The van der Waals surface area contributed by atoms with E-state index in [1.807, 2.05) is 68.4 Å². The lowest BCUT2D eigenvalue weighted by molar-refractivity contribution is -0.142. The molecule has 0 radical (unpaired) electrons. The van der Waals surface area contributed by atoms with Crippen molar-refractivity contribution in [2.24, 2.45) is 5.92 Å². The molecule has 3 rings (SSSR count). The van der Waals surface area contributed by atoms with E-state index >= 15 is 0 Å². The second-order valence-electron chi connectivity index (χ2n) is 8.93. The van der Waals surface area contributed by atoms with Crippen molar-refractivity contribution in [2.75, 3.05) is 20.3 Å². The lowest BCUT2D eigenvalue weighted by Crippen LogP contribution is -2.52. The monoisotopic (exact) mass is 508 g/mol. The molecule has 190 valence electrons. The first kappa shape index (κ1) is 27.1. The fourth-order valence-corrected chi connectivity index (χ4v) is 3.85. The van der Waals surface area contributed by atoms with E-state index in [1.54, 1.807) is 36.3 Å². The average Bonchev–Trinajstić information content (AvgIpc) is 2.89. The number of ether oxygens (including phenoxy) is 2. The quantitative estimate of drug-likeness (QED) is 0.368. The highest BCUT2D eigenvalue weighted by Crippen LogP contribution is 2.26. The van der Waals surface area contributed by atoms with Crippen LogP contribution in [-0.4, -0.2) is 43.0 Å². The summed E-state index contributed by atoms with van der Waals surface area (Å²) in [5.74, 6) is 0.762. The van der Waals surface area contributed by atoms with Gasteiger partial charge in [-0.15, -0.1) is 0 Å². The van der Waals surface area contributed by atoms with Crippen LogP contribution < -0.4 is 14.8 Å². The number of nitrogens with one attached hydrogen (secondary N) is 1. The van der Waals surface area contributed by atoms with Gasteiger partial charge in [0.2, 0.25) is 5.91 Å². The number of carbonyl (C=O) groups excluding carboxylic acids is 2. The zero-order chi connectivity index (χ0) is 25.9. The Bertz CT molecular complexity index is 1120. The molecule has 0 aliphatic rings. The number of rotatable bonds is 12. The summed E-state index contributed by atoms with van der Waals surface area (Å²) < 4.78 is 11.2. The molecule has 0 saturated carbocycles. The zero-order valence-electron chi connectivity index (χ0n) is 20.9. The van der Waals surface area contributed by atoms with Crippen LogP contribution in [0.15, 0.2) is 78.9 Å². The average molecular weight is 509 g/mol. The van der Waals surface area contributed by atoms with Crippen LogP contribution in [0.3, 0.4) is 0 Å². The van der Waals surface area contributed by atoms with Gasteiger partial charge in [0.25, 0.3) is 5.91 Å². The van der Waals surface area contributed by atoms with Crippen molar-refractivity contribution in [3.05, 3.63) is 95.0 Å². The lowest BCUT2D eigenvalue weighted by atomic mass is 10.0. The molecular formula is C29H33ClN2O4. The van der Waals surface area contributed by atoms with E-state index in [9.17, 15) is 9.59 Å². The molecule has 1 atom stereocenters. The number of benzene rings is 3. The van der Waals surface area contributed by atoms with E-state index in [0.717, 1.165) is 11.1 Å². The molecule has 0 saturated heterocycles. The summed E-state index contributed by atoms with van der Waals surface area (Å²) in [5, 5.41) is 3.61. The normalized spacial score (nSPS) is 11.6. The number of halogens is 1. The Balaban J connectivity index is 1.90. The Labute approximate surface area is 218 Å². The molecule has 0 bridgehead atoms. The molecular weight excluding hydrogens is 476 g/mol. The summed E-state index contributed by atoms with van der Waals surface area (Å²) in [6.07, 6.45) is 0.374. The number of hydrogen-bond donors (Lipinski definition) is 1. The summed E-state index contributed by atoms with van der Waals surface area (Å²) in [7, 11) is 1.55. The molecule has 2 amide bonds. The van der Waals surface area contributed by atoms with Crippen LogP contribution >= 0.6 is 11.6 Å². The van der Waals surface area contributed by atoms with Crippen molar-refractivity contribution >= 4 is 23.4 Å². The van der Waals surface area contributed by atoms with E-state index in [0.29, 0.717) is 29.5 Å². The first-order valence-corrected chi connectivity index (χ1v) is 12.4. The molecule has 0 heterocycles. The Morgan fingerprint density at radius 2 is 1.53 bits per heavy atom. The lowest BCUT2D eigenvalue weighted by Gasteiger charge is -2.31. The zero-order valence-corrected chi connectivity index (χ0v) is 21.7. The molecule has 0 spiro atoms. The minimum atomic E-state index is -0.726. The van der Waals surface area contributed by atoms with Gasteiger partial charge in [-0.05, 0) is 41.3 Å². The summed E-state index contributed by atoms with van der Waals surface area (Å²) >= 11 is 6.07. The van der Waals surface area contributed by atoms with E-state index in [4.69, 9.17) is 21.1 Å². The highest BCUT2D eigenvalue weighted by atomic mass is 35.5. The van der Waals surface area contributed by atoms with Crippen molar-refractivity contribution in [1.82, 2.24) is 10.2 Å². The van der Waals surface area contributed by atoms with Gasteiger partial charge in [0.15, 0.2) is 18.1 Å². The van der Waals surface area contributed by atoms with Crippen LogP contribution in [0, 0.1) is 5.92 Å². The van der Waals surface area contributed by atoms with Crippen molar-refractivity contribution in [2.45, 2.75) is 32.9 Å². The van der Waals surface area contributed by atoms with E-state index < -0.39 is 6.04 Å². The van der Waals surface area contributed by atoms with E-state index in [1.165, 1.54) is 0 Å². The first-order chi connectivity index (χ1) is 17.4. The highest BCUT2D eigenvalue weighted by molar-refractivity contribution is 6.30. The van der Waals surface area contributed by atoms with Crippen LogP contribution in [0.4, 0.5) is 0 Å². The highest BCUT2D eigenvalue weighted by Gasteiger charge is 2.31. The second kappa shape index (κ2) is 13.5. The smallest absolute Gasteiger partial charge is 0.261 e. The first-order valence-electron chi connectivity index (χ1n) is 12.0. The largest absolute Gasteiger partial charge is 0.493 e. The predicted molar refractivity (Wildman–Crippen MR) is 142 cm³/mol. The fraction of sp³-hybridized carbons (Fsp3) is 0.310.